The molecule has 18 heavy (non-hydrogen) atoms. The van der Waals surface area contributed by atoms with Gasteiger partial charge in [0.15, 0.2) is 0 Å². The van der Waals surface area contributed by atoms with Crippen LogP contribution in [0.3, 0.4) is 0 Å². The van der Waals surface area contributed by atoms with Gasteiger partial charge in [0.2, 0.25) is 5.88 Å². The van der Waals surface area contributed by atoms with E-state index in [1.165, 1.54) is 18.3 Å². The molecule has 1 aromatic heterocycles. The molecule has 94 valence electrons. The number of nitrogens with two attached hydrogens (primary N) is 1. The molecule has 0 atom stereocenters. The summed E-state index contributed by atoms with van der Waals surface area (Å²) in [6.45, 7) is 0. The summed E-state index contributed by atoms with van der Waals surface area (Å²) >= 11 is 14.7. The first-order valence-corrected chi connectivity index (χ1v) is 6.25. The second-order valence-corrected chi connectivity index (χ2v) is 5.02. The SMILES string of the molecule is Nc1cnc(Oc2cc(F)c(Cl)cc2Br)c(Cl)c1. The lowest BCUT2D eigenvalue weighted by Crippen LogP contribution is -1.93. The zero-order valence-electron chi connectivity index (χ0n) is 8.75. The molecule has 0 spiro atoms. The van der Waals surface area contributed by atoms with Crippen LogP contribution in [0.2, 0.25) is 10.0 Å². The van der Waals surface area contributed by atoms with Crippen molar-refractivity contribution in [2.45, 2.75) is 0 Å². The van der Waals surface area contributed by atoms with E-state index in [1.54, 1.807) is 0 Å². The van der Waals surface area contributed by atoms with E-state index in [9.17, 15) is 4.39 Å². The molecule has 0 saturated carbocycles. The van der Waals surface area contributed by atoms with E-state index in [2.05, 4.69) is 20.9 Å². The summed E-state index contributed by atoms with van der Waals surface area (Å²) in [5, 5.41) is 0.225. The lowest BCUT2D eigenvalue weighted by molar-refractivity contribution is 0.455. The molecule has 0 radical (unpaired) electrons. The molecule has 0 aliphatic carbocycles. The van der Waals surface area contributed by atoms with Gasteiger partial charge >= 0.3 is 0 Å². The third-order valence-electron chi connectivity index (χ3n) is 2.01. The lowest BCUT2D eigenvalue weighted by atomic mass is 10.3. The number of hydrogen-bond acceptors (Lipinski definition) is 3. The number of benzene rings is 1. The van der Waals surface area contributed by atoms with Crippen LogP contribution in [-0.4, -0.2) is 4.98 Å². The van der Waals surface area contributed by atoms with Gasteiger partial charge in [-0.2, -0.15) is 0 Å². The lowest BCUT2D eigenvalue weighted by Gasteiger charge is -2.09. The topological polar surface area (TPSA) is 48.1 Å². The zero-order valence-corrected chi connectivity index (χ0v) is 11.9. The van der Waals surface area contributed by atoms with E-state index in [4.69, 9.17) is 33.7 Å². The summed E-state index contributed by atoms with van der Waals surface area (Å²) in [7, 11) is 0. The van der Waals surface area contributed by atoms with E-state index in [0.717, 1.165) is 6.07 Å². The molecule has 1 aromatic carbocycles. The Morgan fingerprint density at radius 2 is 1.94 bits per heavy atom. The molecule has 0 aliphatic rings. The molecule has 7 heteroatoms. The number of anilines is 1. The minimum Gasteiger partial charge on any atom is -0.436 e. The van der Waals surface area contributed by atoms with Crippen molar-refractivity contribution < 1.29 is 9.13 Å². The average Bonchev–Trinajstić information content (AvgIpc) is 2.29. The molecular formula is C11H6BrCl2FN2O. The monoisotopic (exact) mass is 350 g/mol. The van der Waals surface area contributed by atoms with Gasteiger partial charge in [-0.1, -0.05) is 23.2 Å². The van der Waals surface area contributed by atoms with Gasteiger partial charge in [0.25, 0.3) is 0 Å². The maximum Gasteiger partial charge on any atom is 0.238 e. The van der Waals surface area contributed by atoms with Gasteiger partial charge in [0.1, 0.15) is 16.6 Å². The van der Waals surface area contributed by atoms with Crippen LogP contribution in [0.25, 0.3) is 0 Å². The molecule has 2 rings (SSSR count). The second-order valence-electron chi connectivity index (χ2n) is 3.35. The van der Waals surface area contributed by atoms with Gasteiger partial charge < -0.3 is 10.5 Å². The van der Waals surface area contributed by atoms with Crippen molar-refractivity contribution >= 4 is 44.8 Å². The zero-order chi connectivity index (χ0) is 13.3. The quantitative estimate of drug-likeness (QED) is 0.800. The predicted octanol–water partition coefficient (Wildman–Crippen LogP) is 4.66. The van der Waals surface area contributed by atoms with Crippen LogP contribution in [0.15, 0.2) is 28.9 Å². The summed E-state index contributed by atoms with van der Waals surface area (Å²) in [6.07, 6.45) is 1.39. The molecular weight excluding hydrogens is 346 g/mol. The van der Waals surface area contributed by atoms with E-state index < -0.39 is 5.82 Å². The first kappa shape index (κ1) is 13.4. The van der Waals surface area contributed by atoms with Crippen molar-refractivity contribution in [2.24, 2.45) is 0 Å². The van der Waals surface area contributed by atoms with Crippen LogP contribution in [0.5, 0.6) is 11.6 Å². The van der Waals surface area contributed by atoms with E-state index in [1.807, 2.05) is 0 Å². The van der Waals surface area contributed by atoms with Crippen molar-refractivity contribution in [1.82, 2.24) is 4.98 Å². The third kappa shape index (κ3) is 2.85. The van der Waals surface area contributed by atoms with E-state index >= 15 is 0 Å². The Morgan fingerprint density at radius 1 is 1.22 bits per heavy atom. The first-order chi connectivity index (χ1) is 8.47. The Kier molecular flexibility index (Phi) is 3.94. The number of aromatic nitrogens is 1. The normalized spacial score (nSPS) is 10.4. The Bertz CT molecular complexity index is 610. The smallest absolute Gasteiger partial charge is 0.238 e. The number of halogens is 4. The van der Waals surface area contributed by atoms with E-state index in [-0.39, 0.29) is 21.7 Å². The van der Waals surface area contributed by atoms with Gasteiger partial charge in [-0.05, 0) is 28.1 Å². The molecule has 3 nitrogen and oxygen atoms in total. The number of nitrogens with zero attached hydrogens (tertiary/aromatic N) is 1. The van der Waals surface area contributed by atoms with Crippen LogP contribution in [-0.2, 0) is 0 Å². The Labute approximate surface area is 121 Å². The van der Waals surface area contributed by atoms with Crippen molar-refractivity contribution in [3.63, 3.8) is 0 Å². The van der Waals surface area contributed by atoms with Gasteiger partial charge in [-0.25, -0.2) is 9.37 Å². The summed E-state index contributed by atoms with van der Waals surface area (Å²) in [4.78, 5) is 3.91. The van der Waals surface area contributed by atoms with Crippen LogP contribution in [0, 0.1) is 5.82 Å². The molecule has 0 fully saturated rings. The molecule has 0 aliphatic heterocycles. The van der Waals surface area contributed by atoms with Crippen LogP contribution < -0.4 is 10.5 Å². The number of hydrogen-bond donors (Lipinski definition) is 1. The van der Waals surface area contributed by atoms with Gasteiger partial charge in [0.05, 0.1) is 21.4 Å². The number of pyridine rings is 1. The third-order valence-corrected chi connectivity index (χ3v) is 3.19. The average molecular weight is 352 g/mol. The highest BCUT2D eigenvalue weighted by Crippen LogP contribution is 2.35. The fourth-order valence-corrected chi connectivity index (χ4v) is 2.14. The summed E-state index contributed by atoms with van der Waals surface area (Å²) in [6, 6.07) is 4.02. The fraction of sp³-hybridized carbons (Fsp3) is 0. The van der Waals surface area contributed by atoms with Crippen LogP contribution >= 0.6 is 39.1 Å². The Hall–Kier alpha value is -1.04. The predicted molar refractivity (Wildman–Crippen MR) is 72.8 cm³/mol. The standard InChI is InChI=1S/C11H6BrCl2FN2O/c12-6-2-7(13)9(15)3-10(6)18-11-8(14)1-5(16)4-17-11/h1-4H,16H2. The highest BCUT2D eigenvalue weighted by molar-refractivity contribution is 9.10. The Balaban J connectivity index is 2.37. The number of ether oxygens (including phenoxy) is 1. The van der Waals surface area contributed by atoms with Gasteiger partial charge in [-0.15, -0.1) is 0 Å². The largest absolute Gasteiger partial charge is 0.436 e. The minimum absolute atomic E-state index is 0.00872. The maximum absolute atomic E-state index is 13.3. The van der Waals surface area contributed by atoms with Crippen LogP contribution in [0.1, 0.15) is 0 Å². The first-order valence-electron chi connectivity index (χ1n) is 4.71. The molecule has 0 unspecified atom stereocenters. The van der Waals surface area contributed by atoms with Gasteiger partial charge in [0, 0.05) is 6.07 Å². The second kappa shape index (κ2) is 5.30. The molecule has 0 amide bonds. The molecule has 1 heterocycles. The summed E-state index contributed by atoms with van der Waals surface area (Å²) < 4.78 is 19.2. The van der Waals surface area contributed by atoms with Gasteiger partial charge in [-0.3, -0.25) is 0 Å². The van der Waals surface area contributed by atoms with E-state index in [0.29, 0.717) is 10.2 Å². The summed E-state index contributed by atoms with van der Waals surface area (Å²) in [5.41, 5.74) is 5.92. The van der Waals surface area contributed by atoms with Crippen molar-refractivity contribution in [2.75, 3.05) is 5.73 Å². The fourth-order valence-electron chi connectivity index (χ4n) is 1.20. The van der Waals surface area contributed by atoms with Crippen molar-refractivity contribution in [3.8, 4) is 11.6 Å². The minimum atomic E-state index is -0.596. The number of rotatable bonds is 2. The number of nitrogen functional groups attached to an aromatic ring is 1. The molecule has 2 N–H and O–H groups in total. The Morgan fingerprint density at radius 3 is 2.61 bits per heavy atom. The highest BCUT2D eigenvalue weighted by Gasteiger charge is 2.11. The molecule has 0 bridgehead atoms. The van der Waals surface area contributed by atoms with Crippen LogP contribution in [0.4, 0.5) is 10.1 Å². The maximum atomic E-state index is 13.3. The summed E-state index contributed by atoms with van der Waals surface area (Å²) in [5.74, 6) is -0.245. The highest BCUT2D eigenvalue weighted by atomic mass is 79.9. The molecule has 0 saturated heterocycles. The van der Waals surface area contributed by atoms with Crippen molar-refractivity contribution in [1.29, 1.82) is 0 Å². The molecule has 2 aromatic rings. The van der Waals surface area contributed by atoms with Crippen molar-refractivity contribution in [3.05, 3.63) is 44.7 Å².